The first-order chi connectivity index (χ1) is 12.5. The molecule has 0 saturated carbocycles. The number of carbonyl (C=O) groups is 1. The lowest BCUT2D eigenvalue weighted by Crippen LogP contribution is -2.30. The number of benzene rings is 2. The van der Waals surface area contributed by atoms with Gasteiger partial charge in [-0.15, -0.1) is 0 Å². The fourth-order valence-electron chi connectivity index (χ4n) is 2.78. The molecule has 26 heavy (non-hydrogen) atoms. The molecule has 134 valence electrons. The predicted molar refractivity (Wildman–Crippen MR) is 101 cm³/mol. The maximum absolute atomic E-state index is 12.7. The first-order valence-corrected chi connectivity index (χ1v) is 8.43. The molecule has 0 unspecified atom stereocenters. The molecule has 0 fully saturated rings. The smallest absolute Gasteiger partial charge is 0.274 e. The van der Waals surface area contributed by atoms with Gasteiger partial charge in [-0.1, -0.05) is 30.3 Å². The van der Waals surface area contributed by atoms with Crippen LogP contribution < -0.4 is 15.6 Å². The molecule has 0 aliphatic carbocycles. The summed E-state index contributed by atoms with van der Waals surface area (Å²) < 4.78 is 7.10. The molecule has 1 heterocycles. The van der Waals surface area contributed by atoms with Crippen LogP contribution in [0.3, 0.4) is 0 Å². The van der Waals surface area contributed by atoms with Crippen molar-refractivity contribution in [3.8, 4) is 5.75 Å². The Labute approximate surface area is 151 Å². The van der Waals surface area contributed by atoms with Crippen LogP contribution in [-0.2, 0) is 6.54 Å². The van der Waals surface area contributed by atoms with Crippen LogP contribution in [0.15, 0.2) is 47.3 Å². The van der Waals surface area contributed by atoms with E-state index in [2.05, 4.69) is 10.4 Å². The molecule has 6 heteroatoms. The van der Waals surface area contributed by atoms with Crippen LogP contribution in [0.1, 0.15) is 21.6 Å². The average molecular weight is 351 g/mol. The Bertz CT molecular complexity index is 1020. The van der Waals surface area contributed by atoms with Gasteiger partial charge in [-0.05, 0) is 37.1 Å². The molecule has 0 atom stereocenters. The lowest BCUT2D eigenvalue weighted by molar-refractivity contribution is 0.0957. The van der Waals surface area contributed by atoms with E-state index in [1.54, 1.807) is 24.3 Å². The number of nitrogens with one attached hydrogen (secondary N) is 1. The fourth-order valence-corrected chi connectivity index (χ4v) is 2.78. The molecular formula is C20H21N3O3. The summed E-state index contributed by atoms with van der Waals surface area (Å²) in [7, 11) is 1.54. The molecule has 2 aromatic carbocycles. The summed E-state index contributed by atoms with van der Waals surface area (Å²) in [6, 6.07) is 13.0. The molecule has 1 N–H and O–H groups in total. The molecule has 1 amide bonds. The average Bonchev–Trinajstić information content (AvgIpc) is 2.65. The van der Waals surface area contributed by atoms with Crippen LogP contribution in [0.5, 0.6) is 5.75 Å². The normalized spacial score (nSPS) is 10.7. The molecule has 6 nitrogen and oxygen atoms in total. The Morgan fingerprint density at radius 2 is 1.88 bits per heavy atom. The van der Waals surface area contributed by atoms with E-state index in [-0.39, 0.29) is 30.3 Å². The second-order valence-electron chi connectivity index (χ2n) is 6.12. The molecule has 3 aromatic rings. The molecule has 0 aliphatic rings. The summed E-state index contributed by atoms with van der Waals surface area (Å²) >= 11 is 0. The zero-order valence-corrected chi connectivity index (χ0v) is 15.1. The summed E-state index contributed by atoms with van der Waals surface area (Å²) in [5, 5.41) is 7.83. The second-order valence-corrected chi connectivity index (χ2v) is 6.12. The highest BCUT2D eigenvalue weighted by atomic mass is 16.5. The third kappa shape index (κ3) is 3.44. The fraction of sp³-hybridized carbons (Fsp3) is 0.250. The van der Waals surface area contributed by atoms with E-state index < -0.39 is 0 Å². The van der Waals surface area contributed by atoms with E-state index in [0.29, 0.717) is 10.8 Å². The first-order valence-electron chi connectivity index (χ1n) is 8.43. The number of carbonyl (C=O) groups excluding carboxylic acids is 1. The molecular weight excluding hydrogens is 330 g/mol. The molecule has 0 saturated heterocycles. The largest absolute Gasteiger partial charge is 0.491 e. The van der Waals surface area contributed by atoms with Crippen LogP contribution in [0.25, 0.3) is 10.8 Å². The van der Waals surface area contributed by atoms with Crippen molar-refractivity contribution in [1.82, 2.24) is 15.1 Å². The topological polar surface area (TPSA) is 73.2 Å². The van der Waals surface area contributed by atoms with Crippen molar-refractivity contribution in [3.63, 3.8) is 0 Å². The molecule has 0 bridgehead atoms. The summed E-state index contributed by atoms with van der Waals surface area (Å²) in [6.45, 7) is 4.50. The lowest BCUT2D eigenvalue weighted by Gasteiger charge is -2.12. The van der Waals surface area contributed by atoms with Gasteiger partial charge >= 0.3 is 0 Å². The molecule has 0 spiro atoms. The number of aryl methyl sites for hydroxylation is 2. The van der Waals surface area contributed by atoms with Crippen LogP contribution in [0.2, 0.25) is 0 Å². The molecule has 1 aromatic heterocycles. The standard InChI is InChI=1S/C20H21N3O3/c1-13-8-9-14(2)17(12-13)26-11-10-23-20(25)16-7-5-4-6-15(16)18(22-23)19(24)21-3/h4-9,12H,10-11H2,1-3H3,(H,21,24). The quantitative estimate of drug-likeness (QED) is 0.766. The van der Waals surface area contributed by atoms with Crippen molar-refractivity contribution < 1.29 is 9.53 Å². The number of amides is 1. The van der Waals surface area contributed by atoms with Crippen LogP contribution in [-0.4, -0.2) is 29.3 Å². The minimum atomic E-state index is -0.328. The minimum Gasteiger partial charge on any atom is -0.491 e. The Hall–Kier alpha value is -3.15. The first kappa shape index (κ1) is 17.7. The SMILES string of the molecule is CNC(=O)c1nn(CCOc2cc(C)ccc2C)c(=O)c2ccccc12. The van der Waals surface area contributed by atoms with Gasteiger partial charge in [-0.2, -0.15) is 5.10 Å². The predicted octanol–water partition coefficient (Wildman–Crippen LogP) is 2.45. The zero-order chi connectivity index (χ0) is 18.7. The van der Waals surface area contributed by atoms with Crippen LogP contribution in [0, 0.1) is 13.8 Å². The summed E-state index contributed by atoms with van der Waals surface area (Å²) in [5.41, 5.74) is 2.13. The van der Waals surface area contributed by atoms with E-state index in [1.165, 1.54) is 11.7 Å². The lowest BCUT2D eigenvalue weighted by atomic mass is 10.1. The van der Waals surface area contributed by atoms with Gasteiger partial charge in [-0.3, -0.25) is 9.59 Å². The maximum atomic E-state index is 12.7. The van der Waals surface area contributed by atoms with Crippen molar-refractivity contribution in [3.05, 3.63) is 69.6 Å². The minimum absolute atomic E-state index is 0.231. The Balaban J connectivity index is 1.90. The molecule has 0 aliphatic heterocycles. The van der Waals surface area contributed by atoms with E-state index in [0.717, 1.165) is 16.9 Å². The summed E-state index contributed by atoms with van der Waals surface area (Å²) in [5.74, 6) is 0.454. The van der Waals surface area contributed by atoms with E-state index in [1.807, 2.05) is 32.0 Å². The van der Waals surface area contributed by atoms with Crippen molar-refractivity contribution in [2.75, 3.05) is 13.7 Å². The Morgan fingerprint density at radius 3 is 2.62 bits per heavy atom. The monoisotopic (exact) mass is 351 g/mol. The highest BCUT2D eigenvalue weighted by Gasteiger charge is 2.15. The highest BCUT2D eigenvalue weighted by molar-refractivity contribution is 6.04. The Morgan fingerprint density at radius 1 is 1.15 bits per heavy atom. The highest BCUT2D eigenvalue weighted by Crippen LogP contribution is 2.19. The van der Waals surface area contributed by atoms with Crippen molar-refractivity contribution in [2.45, 2.75) is 20.4 Å². The second kappa shape index (κ2) is 7.39. The summed E-state index contributed by atoms with van der Waals surface area (Å²) in [6.07, 6.45) is 0. The van der Waals surface area contributed by atoms with Crippen LogP contribution >= 0.6 is 0 Å². The van der Waals surface area contributed by atoms with Gasteiger partial charge < -0.3 is 10.1 Å². The van der Waals surface area contributed by atoms with E-state index in [4.69, 9.17) is 4.74 Å². The van der Waals surface area contributed by atoms with Crippen molar-refractivity contribution >= 4 is 16.7 Å². The number of hydrogen-bond acceptors (Lipinski definition) is 4. The molecule has 0 radical (unpaired) electrons. The van der Waals surface area contributed by atoms with Gasteiger partial charge in [0.25, 0.3) is 11.5 Å². The van der Waals surface area contributed by atoms with Gasteiger partial charge in [0.15, 0.2) is 5.69 Å². The van der Waals surface area contributed by atoms with E-state index in [9.17, 15) is 9.59 Å². The number of ether oxygens (including phenoxy) is 1. The number of nitrogens with zero attached hydrogens (tertiary/aromatic N) is 2. The molecule has 3 rings (SSSR count). The van der Waals surface area contributed by atoms with Gasteiger partial charge in [0.2, 0.25) is 0 Å². The zero-order valence-electron chi connectivity index (χ0n) is 15.1. The van der Waals surface area contributed by atoms with Gasteiger partial charge in [0, 0.05) is 12.4 Å². The maximum Gasteiger partial charge on any atom is 0.274 e. The number of aromatic nitrogens is 2. The van der Waals surface area contributed by atoms with E-state index >= 15 is 0 Å². The van der Waals surface area contributed by atoms with Gasteiger partial charge in [0.1, 0.15) is 12.4 Å². The number of fused-ring (bicyclic) bond motifs is 1. The van der Waals surface area contributed by atoms with Crippen LogP contribution in [0.4, 0.5) is 0 Å². The van der Waals surface area contributed by atoms with Gasteiger partial charge in [-0.25, -0.2) is 4.68 Å². The van der Waals surface area contributed by atoms with Crippen molar-refractivity contribution in [2.24, 2.45) is 0 Å². The number of hydrogen-bond donors (Lipinski definition) is 1. The van der Waals surface area contributed by atoms with Gasteiger partial charge in [0.05, 0.1) is 11.9 Å². The van der Waals surface area contributed by atoms with Crippen molar-refractivity contribution in [1.29, 1.82) is 0 Å². The Kier molecular flexibility index (Phi) is 5.02. The summed E-state index contributed by atoms with van der Waals surface area (Å²) in [4.78, 5) is 24.8. The third-order valence-corrected chi connectivity index (χ3v) is 4.21. The number of rotatable bonds is 5. The third-order valence-electron chi connectivity index (χ3n) is 4.21.